The molecule has 0 radical (unpaired) electrons. The fraction of sp³-hybridized carbons (Fsp3) is 1.00. The van der Waals surface area contributed by atoms with Gasteiger partial charge in [0.1, 0.15) is 6.10 Å². The van der Waals surface area contributed by atoms with Crippen LogP contribution in [0.4, 0.5) is 0 Å². The number of ether oxygens (including phenoxy) is 2. The van der Waals surface area contributed by atoms with Gasteiger partial charge in [0.25, 0.3) is 0 Å². The Hall–Kier alpha value is -0.120. The summed E-state index contributed by atoms with van der Waals surface area (Å²) >= 11 is 0. The van der Waals surface area contributed by atoms with Crippen molar-refractivity contribution in [3.05, 3.63) is 0 Å². The molecule has 0 aromatic rings. The minimum absolute atomic E-state index is 0.395. The molecule has 0 rings (SSSR count). The first kappa shape index (κ1) is 13.9. The highest BCUT2D eigenvalue weighted by atomic mass is 16.5. The lowest BCUT2D eigenvalue weighted by Crippen LogP contribution is -2.22. The Balaban J connectivity index is 3.07. The molecule has 0 aliphatic carbocycles. The van der Waals surface area contributed by atoms with Crippen LogP contribution in [0.3, 0.4) is 0 Å². The summed E-state index contributed by atoms with van der Waals surface area (Å²) < 4.78 is 10.5. The van der Waals surface area contributed by atoms with E-state index in [4.69, 9.17) is 9.47 Å². The molecule has 3 nitrogen and oxygen atoms in total. The largest absolute Gasteiger partial charge is 0.388 e. The molecule has 14 heavy (non-hydrogen) atoms. The summed E-state index contributed by atoms with van der Waals surface area (Å²) in [5.41, 5.74) is 0. The minimum Gasteiger partial charge on any atom is -0.388 e. The average molecular weight is 204 g/mol. The highest BCUT2D eigenvalue weighted by Gasteiger charge is 2.03. The molecule has 1 N–H and O–H groups in total. The van der Waals surface area contributed by atoms with Crippen molar-refractivity contribution >= 4 is 0 Å². The fourth-order valence-corrected chi connectivity index (χ4v) is 0.980. The Morgan fingerprint density at radius 2 is 1.36 bits per heavy atom. The molecular weight excluding hydrogens is 180 g/mol. The summed E-state index contributed by atoms with van der Waals surface area (Å²) in [6, 6.07) is 0. The van der Waals surface area contributed by atoms with Gasteiger partial charge >= 0.3 is 0 Å². The maximum absolute atomic E-state index is 9.40. The fourth-order valence-electron chi connectivity index (χ4n) is 0.980. The molecule has 0 amide bonds. The zero-order valence-electron chi connectivity index (χ0n) is 9.50. The Kier molecular flexibility index (Phi) is 10.9. The van der Waals surface area contributed by atoms with Crippen molar-refractivity contribution in [1.82, 2.24) is 0 Å². The molecule has 0 bridgehead atoms. The zero-order chi connectivity index (χ0) is 10.6. The predicted molar refractivity (Wildman–Crippen MR) is 57.5 cm³/mol. The summed E-state index contributed by atoms with van der Waals surface area (Å²) in [7, 11) is 0. The Morgan fingerprint density at radius 3 is 1.71 bits per heavy atom. The van der Waals surface area contributed by atoms with Crippen molar-refractivity contribution in [2.45, 2.75) is 45.6 Å². The third-order valence-electron chi connectivity index (χ3n) is 1.90. The van der Waals surface area contributed by atoms with Gasteiger partial charge in [0.15, 0.2) is 0 Å². The standard InChI is InChI=1S/C11H24O3/c1-3-5-7-13-9-11(12)10-14-8-6-4-2/h11-12H,3-10H2,1-2H3. The van der Waals surface area contributed by atoms with E-state index >= 15 is 0 Å². The van der Waals surface area contributed by atoms with E-state index in [0.717, 1.165) is 38.9 Å². The van der Waals surface area contributed by atoms with Gasteiger partial charge in [-0.1, -0.05) is 26.7 Å². The second kappa shape index (κ2) is 11.0. The summed E-state index contributed by atoms with van der Waals surface area (Å²) in [6.07, 6.45) is 3.91. The summed E-state index contributed by atoms with van der Waals surface area (Å²) in [4.78, 5) is 0. The van der Waals surface area contributed by atoms with Gasteiger partial charge in [0, 0.05) is 13.2 Å². The van der Waals surface area contributed by atoms with Crippen molar-refractivity contribution in [2.75, 3.05) is 26.4 Å². The van der Waals surface area contributed by atoms with Gasteiger partial charge in [-0.3, -0.25) is 0 Å². The van der Waals surface area contributed by atoms with E-state index in [1.807, 2.05) is 0 Å². The number of aliphatic hydroxyl groups excluding tert-OH is 1. The van der Waals surface area contributed by atoms with E-state index in [2.05, 4.69) is 13.8 Å². The average Bonchev–Trinajstić information content (AvgIpc) is 2.19. The predicted octanol–water partition coefficient (Wildman–Crippen LogP) is 1.98. The van der Waals surface area contributed by atoms with Crippen LogP contribution in [0.25, 0.3) is 0 Å². The topological polar surface area (TPSA) is 38.7 Å². The molecule has 0 aromatic heterocycles. The van der Waals surface area contributed by atoms with Crippen LogP contribution >= 0.6 is 0 Å². The molecule has 0 atom stereocenters. The summed E-state index contributed by atoms with van der Waals surface area (Å²) in [5, 5.41) is 9.40. The van der Waals surface area contributed by atoms with Crippen molar-refractivity contribution in [3.63, 3.8) is 0 Å². The van der Waals surface area contributed by atoms with Gasteiger partial charge in [-0.2, -0.15) is 0 Å². The van der Waals surface area contributed by atoms with E-state index in [-0.39, 0.29) is 0 Å². The number of unbranched alkanes of at least 4 members (excludes halogenated alkanes) is 2. The van der Waals surface area contributed by atoms with Crippen LogP contribution in [0, 0.1) is 0 Å². The van der Waals surface area contributed by atoms with Crippen molar-refractivity contribution < 1.29 is 14.6 Å². The van der Waals surface area contributed by atoms with E-state index in [0.29, 0.717) is 13.2 Å². The van der Waals surface area contributed by atoms with Gasteiger partial charge in [-0.25, -0.2) is 0 Å². The smallest absolute Gasteiger partial charge is 0.101 e. The Bertz CT molecular complexity index is 94.7. The first-order valence-corrected chi connectivity index (χ1v) is 5.64. The molecule has 0 saturated carbocycles. The van der Waals surface area contributed by atoms with Crippen LogP contribution in [-0.2, 0) is 9.47 Å². The van der Waals surface area contributed by atoms with Crippen molar-refractivity contribution in [2.24, 2.45) is 0 Å². The Labute approximate surface area is 87.4 Å². The number of aliphatic hydroxyl groups is 1. The van der Waals surface area contributed by atoms with Gasteiger partial charge in [-0.15, -0.1) is 0 Å². The molecule has 0 aliphatic heterocycles. The second-order valence-electron chi connectivity index (χ2n) is 3.51. The molecule has 0 aromatic carbocycles. The monoisotopic (exact) mass is 204 g/mol. The Morgan fingerprint density at radius 1 is 0.929 bits per heavy atom. The van der Waals surface area contributed by atoms with Crippen LogP contribution < -0.4 is 0 Å². The highest BCUT2D eigenvalue weighted by molar-refractivity contribution is 4.51. The third kappa shape index (κ3) is 9.96. The molecule has 86 valence electrons. The van der Waals surface area contributed by atoms with Gasteiger partial charge in [0.2, 0.25) is 0 Å². The van der Waals surface area contributed by atoms with E-state index in [1.54, 1.807) is 0 Å². The van der Waals surface area contributed by atoms with Crippen LogP contribution in [-0.4, -0.2) is 37.6 Å². The quantitative estimate of drug-likeness (QED) is 0.553. The molecule has 0 aliphatic rings. The normalized spacial score (nSPS) is 11.1. The lowest BCUT2D eigenvalue weighted by Gasteiger charge is -2.11. The van der Waals surface area contributed by atoms with Gasteiger partial charge < -0.3 is 14.6 Å². The van der Waals surface area contributed by atoms with E-state index in [9.17, 15) is 5.11 Å². The second-order valence-corrected chi connectivity index (χ2v) is 3.51. The molecule has 0 saturated heterocycles. The molecule has 0 heterocycles. The van der Waals surface area contributed by atoms with Gasteiger partial charge in [0.05, 0.1) is 13.2 Å². The van der Waals surface area contributed by atoms with Gasteiger partial charge in [-0.05, 0) is 12.8 Å². The number of rotatable bonds is 10. The maximum Gasteiger partial charge on any atom is 0.101 e. The molecule has 0 fully saturated rings. The lowest BCUT2D eigenvalue weighted by atomic mass is 10.3. The lowest BCUT2D eigenvalue weighted by molar-refractivity contribution is -0.0197. The maximum atomic E-state index is 9.40. The van der Waals surface area contributed by atoms with Crippen LogP contribution in [0.15, 0.2) is 0 Å². The molecular formula is C11H24O3. The van der Waals surface area contributed by atoms with Crippen LogP contribution in [0.1, 0.15) is 39.5 Å². The highest BCUT2D eigenvalue weighted by Crippen LogP contribution is 1.93. The molecule has 3 heteroatoms. The number of hydrogen-bond acceptors (Lipinski definition) is 3. The van der Waals surface area contributed by atoms with E-state index in [1.165, 1.54) is 0 Å². The first-order chi connectivity index (χ1) is 6.81. The van der Waals surface area contributed by atoms with Crippen LogP contribution in [0.2, 0.25) is 0 Å². The zero-order valence-corrected chi connectivity index (χ0v) is 9.50. The molecule has 0 unspecified atom stereocenters. The van der Waals surface area contributed by atoms with Crippen molar-refractivity contribution in [3.8, 4) is 0 Å². The first-order valence-electron chi connectivity index (χ1n) is 5.64. The van der Waals surface area contributed by atoms with Crippen molar-refractivity contribution in [1.29, 1.82) is 0 Å². The summed E-state index contributed by atoms with van der Waals surface area (Å²) in [6.45, 7) is 6.50. The SMILES string of the molecule is CCCCOCC(O)COCCCC. The minimum atomic E-state index is -0.469. The third-order valence-corrected chi connectivity index (χ3v) is 1.90. The number of hydrogen-bond donors (Lipinski definition) is 1. The van der Waals surface area contributed by atoms with E-state index < -0.39 is 6.10 Å². The summed E-state index contributed by atoms with van der Waals surface area (Å²) in [5.74, 6) is 0. The van der Waals surface area contributed by atoms with Crippen LogP contribution in [0.5, 0.6) is 0 Å². The molecule has 0 spiro atoms.